The topological polar surface area (TPSA) is 69.9 Å². The molecule has 0 aliphatic heterocycles. The van der Waals surface area contributed by atoms with Crippen molar-refractivity contribution in [2.45, 2.75) is 91.1 Å². The summed E-state index contributed by atoms with van der Waals surface area (Å²) in [5.41, 5.74) is 5.61. The Balaban J connectivity index is 2.32. The molecule has 0 amide bonds. The van der Waals surface area contributed by atoms with Crippen molar-refractivity contribution in [3.8, 4) is 5.75 Å². The van der Waals surface area contributed by atoms with Gasteiger partial charge in [0.25, 0.3) is 0 Å². The second kappa shape index (κ2) is 12.7. The van der Waals surface area contributed by atoms with E-state index in [4.69, 9.17) is 4.74 Å². The number of aliphatic hydroxyl groups is 3. The molecule has 0 radical (unpaired) electrons. The van der Waals surface area contributed by atoms with Crippen molar-refractivity contribution >= 4 is 0 Å². The van der Waals surface area contributed by atoms with Gasteiger partial charge in [-0.2, -0.15) is 0 Å². The average Bonchev–Trinajstić information content (AvgIpc) is 2.86. The van der Waals surface area contributed by atoms with E-state index in [-0.39, 0.29) is 24.5 Å². The van der Waals surface area contributed by atoms with Crippen LogP contribution in [0.1, 0.15) is 87.6 Å². The molecule has 0 heterocycles. The molecule has 0 bridgehead atoms. The fraction of sp³-hybridized carbons (Fsp3) is 0.600. The van der Waals surface area contributed by atoms with E-state index < -0.39 is 5.60 Å². The third-order valence-corrected chi connectivity index (χ3v) is 8.00. The summed E-state index contributed by atoms with van der Waals surface area (Å²) in [6.45, 7) is 13.0. The first-order chi connectivity index (χ1) is 16.2. The highest BCUT2D eigenvalue weighted by atomic mass is 16.5. The molecular formula is C30H46O4. The molecule has 2 aromatic carbocycles. The molecule has 34 heavy (non-hydrogen) atoms. The summed E-state index contributed by atoms with van der Waals surface area (Å²) >= 11 is 0. The van der Waals surface area contributed by atoms with Crippen LogP contribution in [0.5, 0.6) is 5.75 Å². The van der Waals surface area contributed by atoms with Crippen molar-refractivity contribution < 1.29 is 20.1 Å². The number of ether oxygens (including phenoxy) is 1. The van der Waals surface area contributed by atoms with Crippen molar-refractivity contribution in [1.82, 2.24) is 0 Å². The zero-order valence-electron chi connectivity index (χ0n) is 22.2. The first-order valence-corrected chi connectivity index (χ1v) is 13.0. The fourth-order valence-corrected chi connectivity index (χ4v) is 4.96. The number of benzene rings is 2. The summed E-state index contributed by atoms with van der Waals surface area (Å²) in [4.78, 5) is 0. The van der Waals surface area contributed by atoms with Gasteiger partial charge in [-0.25, -0.2) is 0 Å². The van der Waals surface area contributed by atoms with Gasteiger partial charge in [0.2, 0.25) is 0 Å². The quantitative estimate of drug-likeness (QED) is 0.323. The van der Waals surface area contributed by atoms with Crippen LogP contribution in [-0.4, -0.2) is 40.7 Å². The Morgan fingerprint density at radius 3 is 1.82 bits per heavy atom. The largest absolute Gasteiger partial charge is 0.493 e. The lowest BCUT2D eigenvalue weighted by Gasteiger charge is -2.34. The Kier molecular flexibility index (Phi) is 10.6. The minimum absolute atomic E-state index is 0.0844. The molecule has 4 nitrogen and oxygen atoms in total. The van der Waals surface area contributed by atoms with Crippen LogP contribution >= 0.6 is 0 Å². The maximum Gasteiger partial charge on any atom is 0.122 e. The Morgan fingerprint density at radius 1 is 0.794 bits per heavy atom. The molecule has 4 heteroatoms. The summed E-state index contributed by atoms with van der Waals surface area (Å²) in [5, 5.41) is 29.3. The lowest BCUT2D eigenvalue weighted by Crippen LogP contribution is -2.28. The molecule has 2 rings (SSSR count). The number of aliphatic hydroxyl groups excluding tert-OH is 2. The molecule has 2 aromatic rings. The van der Waals surface area contributed by atoms with Gasteiger partial charge in [0.05, 0.1) is 25.4 Å². The second-order valence-corrected chi connectivity index (χ2v) is 9.88. The van der Waals surface area contributed by atoms with Gasteiger partial charge in [-0.1, -0.05) is 58.0 Å². The number of hydrogen-bond acceptors (Lipinski definition) is 4. The van der Waals surface area contributed by atoms with Gasteiger partial charge < -0.3 is 20.1 Å². The highest BCUT2D eigenvalue weighted by molar-refractivity contribution is 5.47. The summed E-state index contributed by atoms with van der Waals surface area (Å²) in [5.74, 6) is 0.527. The SMILES string of the molecule is CCC(O)(CC)CCc1ccc(C(CC)(CC)c2ccc(OCC(CO)CO)c(C)c2)cc1C. The summed E-state index contributed by atoms with van der Waals surface area (Å²) in [6.07, 6.45) is 5.24. The first-order valence-electron chi connectivity index (χ1n) is 13.0. The minimum Gasteiger partial charge on any atom is -0.493 e. The Morgan fingerprint density at radius 2 is 1.35 bits per heavy atom. The monoisotopic (exact) mass is 470 g/mol. The van der Waals surface area contributed by atoms with Crippen LogP contribution in [-0.2, 0) is 11.8 Å². The van der Waals surface area contributed by atoms with Gasteiger partial charge in [0.1, 0.15) is 5.75 Å². The van der Waals surface area contributed by atoms with Crippen LogP contribution in [0.4, 0.5) is 0 Å². The summed E-state index contributed by atoms with van der Waals surface area (Å²) in [6, 6.07) is 13.3. The molecule has 0 atom stereocenters. The average molecular weight is 471 g/mol. The minimum atomic E-state index is -0.572. The lowest BCUT2D eigenvalue weighted by atomic mass is 9.69. The van der Waals surface area contributed by atoms with Gasteiger partial charge in [-0.3, -0.25) is 0 Å². The van der Waals surface area contributed by atoms with Crippen molar-refractivity contribution in [3.63, 3.8) is 0 Å². The predicted octanol–water partition coefficient (Wildman–Crippen LogP) is 5.87. The lowest BCUT2D eigenvalue weighted by molar-refractivity contribution is 0.0239. The third kappa shape index (κ3) is 6.41. The van der Waals surface area contributed by atoms with Crippen LogP contribution in [0.25, 0.3) is 0 Å². The molecule has 0 saturated carbocycles. The van der Waals surface area contributed by atoms with Crippen molar-refractivity contribution in [3.05, 3.63) is 64.2 Å². The number of rotatable bonds is 14. The highest BCUT2D eigenvalue weighted by Gasteiger charge is 2.31. The molecule has 190 valence electrons. The highest BCUT2D eigenvalue weighted by Crippen LogP contribution is 2.41. The van der Waals surface area contributed by atoms with Gasteiger partial charge in [0, 0.05) is 11.3 Å². The maximum absolute atomic E-state index is 10.7. The molecule has 0 spiro atoms. The van der Waals surface area contributed by atoms with Gasteiger partial charge in [-0.05, 0) is 86.3 Å². The van der Waals surface area contributed by atoms with Gasteiger partial charge in [0.15, 0.2) is 0 Å². The van der Waals surface area contributed by atoms with Crippen LogP contribution in [0.3, 0.4) is 0 Å². The van der Waals surface area contributed by atoms with Crippen LogP contribution in [0, 0.1) is 19.8 Å². The summed E-state index contributed by atoms with van der Waals surface area (Å²) < 4.78 is 5.89. The smallest absolute Gasteiger partial charge is 0.122 e. The molecule has 0 aliphatic carbocycles. The second-order valence-electron chi connectivity index (χ2n) is 9.88. The first kappa shape index (κ1) is 28.4. The maximum atomic E-state index is 10.7. The number of aryl methyl sites for hydroxylation is 3. The molecule has 0 unspecified atom stereocenters. The Labute approximate surface area is 207 Å². The molecule has 0 aliphatic rings. The van der Waals surface area contributed by atoms with E-state index in [0.717, 1.165) is 49.8 Å². The van der Waals surface area contributed by atoms with E-state index in [1.165, 1.54) is 22.3 Å². The third-order valence-electron chi connectivity index (χ3n) is 8.00. The van der Waals surface area contributed by atoms with Gasteiger partial charge in [-0.15, -0.1) is 0 Å². The van der Waals surface area contributed by atoms with Crippen molar-refractivity contribution in [2.75, 3.05) is 19.8 Å². The molecule has 0 fully saturated rings. The van der Waals surface area contributed by atoms with Crippen LogP contribution in [0.15, 0.2) is 36.4 Å². The van der Waals surface area contributed by atoms with Gasteiger partial charge >= 0.3 is 0 Å². The van der Waals surface area contributed by atoms with Crippen molar-refractivity contribution in [2.24, 2.45) is 5.92 Å². The Bertz CT molecular complexity index is 893. The zero-order valence-corrected chi connectivity index (χ0v) is 22.2. The molecule has 0 aromatic heterocycles. The van der Waals surface area contributed by atoms with E-state index >= 15 is 0 Å². The van der Waals surface area contributed by atoms with Crippen LogP contribution < -0.4 is 4.74 Å². The Hall–Kier alpha value is -1.88. The van der Waals surface area contributed by atoms with E-state index in [2.05, 4.69) is 71.9 Å². The molecule has 3 N–H and O–H groups in total. The van der Waals surface area contributed by atoms with E-state index in [1.54, 1.807) is 0 Å². The van der Waals surface area contributed by atoms with Crippen LogP contribution in [0.2, 0.25) is 0 Å². The van der Waals surface area contributed by atoms with E-state index in [9.17, 15) is 15.3 Å². The fourth-order valence-electron chi connectivity index (χ4n) is 4.96. The zero-order chi connectivity index (χ0) is 25.4. The normalized spacial score (nSPS) is 12.4. The standard InChI is InChI=1S/C30H46O4/c1-7-29(33,8-2)16-15-25-11-12-26(17-22(25)5)30(9-3,10-4)27-13-14-28(23(6)18-27)34-21-24(19-31)20-32/h11-14,17-18,24,31-33H,7-10,15-16,19-21H2,1-6H3. The van der Waals surface area contributed by atoms with Crippen molar-refractivity contribution in [1.29, 1.82) is 0 Å². The van der Waals surface area contributed by atoms with E-state index in [1.807, 2.05) is 6.07 Å². The molecular weight excluding hydrogens is 424 g/mol. The summed E-state index contributed by atoms with van der Waals surface area (Å²) in [7, 11) is 0. The number of hydrogen-bond donors (Lipinski definition) is 3. The predicted molar refractivity (Wildman–Crippen MR) is 141 cm³/mol. The molecule has 0 saturated heterocycles. The van der Waals surface area contributed by atoms with E-state index in [0.29, 0.717) is 6.61 Å².